The van der Waals surface area contributed by atoms with Crippen LogP contribution in [0, 0.1) is 0 Å². The highest BCUT2D eigenvalue weighted by Crippen LogP contribution is 2.52. The van der Waals surface area contributed by atoms with E-state index in [1.807, 2.05) is 0 Å². The van der Waals surface area contributed by atoms with Crippen LogP contribution < -0.4 is 0 Å². The van der Waals surface area contributed by atoms with Gasteiger partial charge in [-0.15, -0.1) is 0 Å². The smallest absolute Gasteiger partial charge is 0.388 e. The Hall–Kier alpha value is 0.0349. The van der Waals surface area contributed by atoms with Crippen LogP contribution in [-0.4, -0.2) is 49.5 Å². The van der Waals surface area contributed by atoms with E-state index in [1.165, 1.54) is 6.08 Å². The van der Waals surface area contributed by atoms with Gasteiger partial charge in [0.05, 0.1) is 11.3 Å². The molecule has 0 aliphatic carbocycles. The van der Waals surface area contributed by atoms with E-state index in [1.54, 1.807) is 14.2 Å². The van der Waals surface area contributed by atoms with Crippen molar-refractivity contribution in [2.45, 2.75) is 18.9 Å². The molecule has 1 fully saturated rings. The topological polar surface area (TPSA) is 79.2 Å². The lowest BCUT2D eigenvalue weighted by molar-refractivity contribution is 0.145. The standard InChI is InChI=1S/C6H11BO4P.C2H6O/c7-6(12(8,9)10)4-5-2-1-3-11-5;1-3-2/h4-5,8-10H,1-3H2;1-2H3/q+1;/b6-4+;. The van der Waals surface area contributed by atoms with Crippen LogP contribution >= 0.6 is 7.94 Å². The fourth-order valence-electron chi connectivity index (χ4n) is 1.02. The van der Waals surface area contributed by atoms with Gasteiger partial charge < -0.3 is 9.47 Å². The molecule has 1 heterocycles. The molecule has 0 spiro atoms. The molecule has 3 N–H and O–H groups in total. The first-order valence-corrected chi connectivity index (χ1v) is 6.13. The van der Waals surface area contributed by atoms with Crippen LogP contribution in [0.1, 0.15) is 12.8 Å². The van der Waals surface area contributed by atoms with Gasteiger partial charge in [-0.2, -0.15) is 14.7 Å². The second-order valence-corrected chi connectivity index (χ2v) is 4.77. The van der Waals surface area contributed by atoms with E-state index in [0.29, 0.717) is 6.61 Å². The number of ether oxygens (including phenoxy) is 2. The first-order chi connectivity index (χ1) is 6.91. The van der Waals surface area contributed by atoms with Crippen molar-refractivity contribution < 1.29 is 24.2 Å². The van der Waals surface area contributed by atoms with E-state index < -0.39 is 7.94 Å². The van der Waals surface area contributed by atoms with Crippen LogP contribution in [-0.2, 0) is 9.47 Å². The van der Waals surface area contributed by atoms with Crippen LogP contribution in [0.3, 0.4) is 0 Å². The molecule has 0 amide bonds. The average Bonchev–Trinajstić information content (AvgIpc) is 2.56. The lowest BCUT2D eigenvalue weighted by atomic mass is 10.1. The van der Waals surface area contributed by atoms with Crippen LogP contribution in [0.4, 0.5) is 0 Å². The van der Waals surface area contributed by atoms with Crippen molar-refractivity contribution in [2.24, 2.45) is 0 Å². The van der Waals surface area contributed by atoms with Gasteiger partial charge in [-0.25, -0.2) is 0 Å². The van der Waals surface area contributed by atoms with Gasteiger partial charge in [-0.1, -0.05) is 0 Å². The van der Waals surface area contributed by atoms with Gasteiger partial charge in [0.1, 0.15) is 0 Å². The van der Waals surface area contributed by atoms with Crippen molar-refractivity contribution in [1.29, 1.82) is 0 Å². The van der Waals surface area contributed by atoms with Crippen molar-refractivity contribution in [3.8, 4) is 0 Å². The van der Waals surface area contributed by atoms with E-state index in [9.17, 15) is 0 Å². The summed E-state index contributed by atoms with van der Waals surface area (Å²) in [5, 5.41) is -0.283. The van der Waals surface area contributed by atoms with E-state index in [4.69, 9.17) is 27.3 Å². The Morgan fingerprint density at radius 1 is 1.47 bits per heavy atom. The summed E-state index contributed by atoms with van der Waals surface area (Å²) in [5.41, 5.74) is 0. The van der Waals surface area contributed by atoms with E-state index >= 15 is 0 Å². The number of methoxy groups -OCH3 is 1. The van der Waals surface area contributed by atoms with Crippen LogP contribution in [0.15, 0.2) is 11.3 Å². The first-order valence-electron chi connectivity index (χ1n) is 4.48. The maximum atomic E-state index is 8.72. The summed E-state index contributed by atoms with van der Waals surface area (Å²) < 4.78 is 9.40. The maximum absolute atomic E-state index is 8.72. The van der Waals surface area contributed by atoms with Gasteiger partial charge in [-0.05, 0) is 18.9 Å². The van der Waals surface area contributed by atoms with Crippen LogP contribution in [0.2, 0.25) is 0 Å². The molecule has 1 rings (SSSR count). The molecular weight excluding hydrogens is 218 g/mol. The SMILES string of the molecule is COC.[B]/C(=C\C1CCCO1)[P+](O)(O)O. The normalized spacial score (nSPS) is 22.2. The highest BCUT2D eigenvalue weighted by atomic mass is 31.2. The van der Waals surface area contributed by atoms with Gasteiger partial charge in [-0.3, -0.25) is 0 Å². The molecule has 86 valence electrons. The molecule has 1 atom stereocenters. The Morgan fingerprint density at radius 2 is 2.00 bits per heavy atom. The Balaban J connectivity index is 0.000000583. The predicted molar refractivity (Wildman–Crippen MR) is 59.3 cm³/mol. The monoisotopic (exact) mass is 235 g/mol. The molecule has 0 bridgehead atoms. The van der Waals surface area contributed by atoms with Crippen molar-refractivity contribution in [3.63, 3.8) is 0 Å². The molecule has 7 heteroatoms. The predicted octanol–water partition coefficient (Wildman–Crippen LogP) is 0.177. The van der Waals surface area contributed by atoms with Gasteiger partial charge in [0, 0.05) is 20.8 Å². The quantitative estimate of drug-likeness (QED) is 0.470. The molecule has 1 aliphatic rings. The second-order valence-electron chi connectivity index (χ2n) is 3.12. The Labute approximate surface area is 91.7 Å². The largest absolute Gasteiger partial charge is 0.424 e. The summed E-state index contributed by atoms with van der Waals surface area (Å²) in [4.78, 5) is 26.2. The molecule has 0 aromatic heterocycles. The van der Waals surface area contributed by atoms with Crippen molar-refractivity contribution >= 4 is 15.8 Å². The number of rotatable bonds is 2. The molecule has 1 unspecified atom stereocenters. The lowest BCUT2D eigenvalue weighted by Gasteiger charge is -2.07. The van der Waals surface area contributed by atoms with Gasteiger partial charge in [0.15, 0.2) is 7.85 Å². The fraction of sp³-hybridized carbons (Fsp3) is 0.750. The summed E-state index contributed by atoms with van der Waals surface area (Å²) in [5.74, 6) is 0. The van der Waals surface area contributed by atoms with Crippen LogP contribution in [0.25, 0.3) is 0 Å². The van der Waals surface area contributed by atoms with Gasteiger partial charge in [0.2, 0.25) is 0 Å². The molecule has 5 nitrogen and oxygen atoms in total. The molecule has 1 saturated heterocycles. The molecule has 0 aromatic carbocycles. The molecule has 0 saturated carbocycles. The number of hydrogen-bond acceptors (Lipinski definition) is 5. The minimum absolute atomic E-state index is 0.184. The Bertz CT molecular complexity index is 198. The summed E-state index contributed by atoms with van der Waals surface area (Å²) in [6, 6.07) is 0. The second kappa shape index (κ2) is 7.33. The van der Waals surface area contributed by atoms with E-state index in [-0.39, 0.29) is 11.3 Å². The lowest BCUT2D eigenvalue weighted by Crippen LogP contribution is -2.03. The molecule has 1 aliphatic heterocycles. The zero-order valence-electron chi connectivity index (χ0n) is 8.96. The molecular formula is C8H17BO5P+. The molecule has 15 heavy (non-hydrogen) atoms. The summed E-state index contributed by atoms with van der Waals surface area (Å²) in [6.07, 6.45) is 2.92. The minimum atomic E-state index is -4.00. The van der Waals surface area contributed by atoms with E-state index in [0.717, 1.165) is 12.8 Å². The van der Waals surface area contributed by atoms with E-state index in [2.05, 4.69) is 4.74 Å². The van der Waals surface area contributed by atoms with Gasteiger partial charge in [0.25, 0.3) is 0 Å². The summed E-state index contributed by atoms with van der Waals surface area (Å²) >= 11 is 0. The van der Waals surface area contributed by atoms with Crippen molar-refractivity contribution in [2.75, 3.05) is 20.8 Å². The maximum Gasteiger partial charge on any atom is 0.424 e. The highest BCUT2D eigenvalue weighted by Gasteiger charge is 2.33. The van der Waals surface area contributed by atoms with Crippen molar-refractivity contribution in [1.82, 2.24) is 0 Å². The highest BCUT2D eigenvalue weighted by molar-refractivity contribution is 7.65. The first kappa shape index (κ1) is 15.0. The molecule has 0 aromatic rings. The minimum Gasteiger partial charge on any atom is -0.388 e. The van der Waals surface area contributed by atoms with Crippen molar-refractivity contribution in [3.05, 3.63) is 11.3 Å². The Kier molecular flexibility index (Phi) is 7.35. The zero-order chi connectivity index (χ0) is 11.9. The third-order valence-electron chi connectivity index (χ3n) is 1.67. The number of hydrogen-bond donors (Lipinski definition) is 3. The third-order valence-corrected chi connectivity index (χ3v) is 2.51. The average molecular weight is 235 g/mol. The van der Waals surface area contributed by atoms with Gasteiger partial charge >= 0.3 is 7.94 Å². The molecule has 2 radical (unpaired) electrons. The Morgan fingerprint density at radius 3 is 2.33 bits per heavy atom. The fourth-order valence-corrected chi connectivity index (χ4v) is 1.39. The summed E-state index contributed by atoms with van der Waals surface area (Å²) in [7, 11) is 4.46. The summed E-state index contributed by atoms with van der Waals surface area (Å²) in [6.45, 7) is 0.655. The third kappa shape index (κ3) is 7.01. The van der Waals surface area contributed by atoms with Crippen LogP contribution in [0.5, 0.6) is 0 Å². The zero-order valence-corrected chi connectivity index (χ0v) is 9.85.